The second-order valence-corrected chi connectivity index (χ2v) is 5.57. The molecule has 22 heavy (non-hydrogen) atoms. The van der Waals surface area contributed by atoms with Gasteiger partial charge < -0.3 is 5.32 Å². The van der Waals surface area contributed by atoms with Gasteiger partial charge in [-0.25, -0.2) is 9.18 Å². The molecule has 7 heteroatoms. The van der Waals surface area contributed by atoms with E-state index in [2.05, 4.69) is 5.32 Å². The number of carbonyl (C=O) groups excluding carboxylic acids is 3. The summed E-state index contributed by atoms with van der Waals surface area (Å²) in [5, 5.41) is 2.75. The highest BCUT2D eigenvalue weighted by molar-refractivity contribution is 6.15. The van der Waals surface area contributed by atoms with Crippen molar-refractivity contribution >= 4 is 23.5 Å². The van der Waals surface area contributed by atoms with Crippen LogP contribution >= 0.6 is 0 Å². The number of hydrogen-bond acceptors (Lipinski definition) is 3. The van der Waals surface area contributed by atoms with Crippen molar-refractivity contribution in [3.63, 3.8) is 0 Å². The average molecular weight is 305 g/mol. The Balaban J connectivity index is 1.76. The predicted octanol–water partition coefficient (Wildman–Crippen LogP) is 1.26. The van der Waals surface area contributed by atoms with Gasteiger partial charge in [-0.05, 0) is 44.0 Å². The molecule has 2 aliphatic rings. The van der Waals surface area contributed by atoms with Crippen LogP contribution in [-0.4, -0.2) is 41.4 Å². The van der Waals surface area contributed by atoms with Crippen LogP contribution in [-0.2, 0) is 9.59 Å². The zero-order valence-corrected chi connectivity index (χ0v) is 12.1. The summed E-state index contributed by atoms with van der Waals surface area (Å²) in [5.74, 6) is -1.19. The summed E-state index contributed by atoms with van der Waals surface area (Å²) in [6, 6.07) is 4.22. The summed E-state index contributed by atoms with van der Waals surface area (Å²) >= 11 is 0. The molecular weight excluding hydrogens is 289 g/mol. The Bertz CT molecular complexity index is 627. The molecule has 0 bridgehead atoms. The van der Waals surface area contributed by atoms with E-state index in [-0.39, 0.29) is 18.5 Å². The molecule has 2 fully saturated rings. The first kappa shape index (κ1) is 14.5. The van der Waals surface area contributed by atoms with E-state index in [4.69, 9.17) is 0 Å². The number of amides is 4. The minimum atomic E-state index is -0.716. The van der Waals surface area contributed by atoms with Crippen molar-refractivity contribution in [3.8, 4) is 0 Å². The average Bonchev–Trinajstić information content (AvgIpc) is 3.26. The number of anilines is 1. The molecule has 0 radical (unpaired) electrons. The molecule has 1 aromatic carbocycles. The Labute approximate surface area is 126 Å². The Hall–Kier alpha value is -2.44. The topological polar surface area (TPSA) is 69.7 Å². The molecule has 1 saturated carbocycles. The molecular formula is C15H16FN3O3. The van der Waals surface area contributed by atoms with Crippen LogP contribution in [0.2, 0.25) is 0 Å². The van der Waals surface area contributed by atoms with Crippen LogP contribution in [0.15, 0.2) is 24.3 Å². The fourth-order valence-electron chi connectivity index (χ4n) is 2.45. The monoisotopic (exact) mass is 305 g/mol. The summed E-state index contributed by atoms with van der Waals surface area (Å²) in [6.45, 7) is 1.30. The van der Waals surface area contributed by atoms with Crippen LogP contribution in [0, 0.1) is 5.82 Å². The lowest BCUT2D eigenvalue weighted by Gasteiger charge is -2.19. The highest BCUT2D eigenvalue weighted by Crippen LogP contribution is 2.26. The van der Waals surface area contributed by atoms with E-state index in [1.54, 1.807) is 6.92 Å². The van der Waals surface area contributed by atoms with Crippen LogP contribution in [0.3, 0.4) is 0 Å². The molecule has 1 aliphatic heterocycles. The van der Waals surface area contributed by atoms with Gasteiger partial charge in [0.15, 0.2) is 0 Å². The summed E-state index contributed by atoms with van der Waals surface area (Å²) in [5.41, 5.74) is 0.428. The lowest BCUT2D eigenvalue weighted by atomic mass is 10.2. The summed E-state index contributed by atoms with van der Waals surface area (Å²) < 4.78 is 13.0. The summed E-state index contributed by atoms with van der Waals surface area (Å²) in [4.78, 5) is 38.6. The second kappa shape index (κ2) is 5.40. The van der Waals surface area contributed by atoms with Gasteiger partial charge in [-0.2, -0.15) is 0 Å². The molecule has 116 valence electrons. The van der Waals surface area contributed by atoms with Gasteiger partial charge in [0.05, 0.1) is 0 Å². The maximum Gasteiger partial charge on any atom is 0.332 e. The van der Waals surface area contributed by atoms with Crippen LogP contribution < -0.4 is 10.2 Å². The summed E-state index contributed by atoms with van der Waals surface area (Å²) in [7, 11) is 0. The minimum Gasteiger partial charge on any atom is -0.352 e. The van der Waals surface area contributed by atoms with Gasteiger partial charge in [-0.1, -0.05) is 0 Å². The fraction of sp³-hybridized carbons (Fsp3) is 0.400. The second-order valence-electron chi connectivity index (χ2n) is 5.57. The molecule has 1 atom stereocenters. The van der Waals surface area contributed by atoms with E-state index in [9.17, 15) is 18.8 Å². The minimum absolute atomic E-state index is 0.172. The molecule has 1 aromatic rings. The maximum absolute atomic E-state index is 13.0. The number of rotatable bonds is 4. The molecule has 1 N–H and O–H groups in total. The number of benzene rings is 1. The van der Waals surface area contributed by atoms with Crippen LogP contribution in [0.1, 0.15) is 19.8 Å². The standard InChI is InChI=1S/C15H16FN3O3/c1-9-14(21)18(8-13(20)17-11-4-5-11)15(22)19(9)12-6-2-10(16)3-7-12/h2-3,6-7,9,11H,4-5,8H2,1H3,(H,17,20)/t9-/m1/s1. The van der Waals surface area contributed by atoms with Crippen molar-refractivity contribution in [1.29, 1.82) is 0 Å². The largest absolute Gasteiger partial charge is 0.352 e. The zero-order chi connectivity index (χ0) is 15.9. The Morgan fingerprint density at radius 1 is 1.27 bits per heavy atom. The highest BCUT2D eigenvalue weighted by Gasteiger charge is 2.44. The molecule has 1 saturated heterocycles. The molecule has 4 amide bonds. The number of imide groups is 1. The molecule has 1 heterocycles. The van der Waals surface area contributed by atoms with Crippen molar-refractivity contribution in [2.45, 2.75) is 31.8 Å². The number of hydrogen-bond donors (Lipinski definition) is 1. The maximum atomic E-state index is 13.0. The highest BCUT2D eigenvalue weighted by atomic mass is 19.1. The molecule has 1 aliphatic carbocycles. The number of nitrogens with one attached hydrogen (secondary N) is 1. The van der Waals surface area contributed by atoms with Gasteiger partial charge in [-0.3, -0.25) is 19.4 Å². The lowest BCUT2D eigenvalue weighted by molar-refractivity contribution is -0.131. The normalized spacial score (nSPS) is 21.5. The zero-order valence-electron chi connectivity index (χ0n) is 12.1. The van der Waals surface area contributed by atoms with E-state index < -0.39 is 23.8 Å². The molecule has 0 unspecified atom stereocenters. The van der Waals surface area contributed by atoms with Crippen LogP contribution in [0.4, 0.5) is 14.9 Å². The Morgan fingerprint density at radius 3 is 2.50 bits per heavy atom. The number of nitrogens with zero attached hydrogens (tertiary/aromatic N) is 2. The van der Waals surface area contributed by atoms with Gasteiger partial charge in [-0.15, -0.1) is 0 Å². The number of urea groups is 1. The first-order valence-corrected chi connectivity index (χ1v) is 7.17. The van der Waals surface area contributed by atoms with E-state index in [1.165, 1.54) is 29.2 Å². The van der Waals surface area contributed by atoms with Gasteiger partial charge >= 0.3 is 6.03 Å². The van der Waals surface area contributed by atoms with Crippen LogP contribution in [0.25, 0.3) is 0 Å². The van der Waals surface area contributed by atoms with Gasteiger partial charge in [0.25, 0.3) is 5.91 Å². The van der Waals surface area contributed by atoms with Crippen molar-refractivity contribution in [3.05, 3.63) is 30.1 Å². The third-order valence-corrected chi connectivity index (χ3v) is 3.80. The van der Waals surface area contributed by atoms with Crippen molar-refractivity contribution in [2.75, 3.05) is 11.4 Å². The van der Waals surface area contributed by atoms with Crippen LogP contribution in [0.5, 0.6) is 0 Å². The van der Waals surface area contributed by atoms with Crippen molar-refractivity contribution in [1.82, 2.24) is 10.2 Å². The third-order valence-electron chi connectivity index (χ3n) is 3.80. The van der Waals surface area contributed by atoms with E-state index >= 15 is 0 Å². The quantitative estimate of drug-likeness (QED) is 0.852. The van der Waals surface area contributed by atoms with E-state index in [1.807, 2.05) is 0 Å². The molecule has 0 aromatic heterocycles. The molecule has 0 spiro atoms. The van der Waals surface area contributed by atoms with Gasteiger partial charge in [0.1, 0.15) is 18.4 Å². The van der Waals surface area contributed by atoms with Gasteiger partial charge in [0, 0.05) is 11.7 Å². The number of carbonyl (C=O) groups is 3. The van der Waals surface area contributed by atoms with Crippen molar-refractivity contribution < 1.29 is 18.8 Å². The first-order chi connectivity index (χ1) is 10.5. The molecule has 6 nitrogen and oxygen atoms in total. The van der Waals surface area contributed by atoms with E-state index in [0.29, 0.717) is 5.69 Å². The SMILES string of the molecule is C[C@@H]1C(=O)N(CC(=O)NC2CC2)C(=O)N1c1ccc(F)cc1. The first-order valence-electron chi connectivity index (χ1n) is 7.17. The van der Waals surface area contributed by atoms with Crippen molar-refractivity contribution in [2.24, 2.45) is 0 Å². The lowest BCUT2D eigenvalue weighted by Crippen LogP contribution is -2.42. The smallest absolute Gasteiger partial charge is 0.332 e. The van der Waals surface area contributed by atoms with E-state index in [0.717, 1.165) is 17.7 Å². The third kappa shape index (κ3) is 2.66. The summed E-state index contributed by atoms with van der Waals surface area (Å²) in [6.07, 6.45) is 1.87. The number of halogens is 1. The molecule has 3 rings (SSSR count). The Morgan fingerprint density at radius 2 is 1.91 bits per heavy atom. The fourth-order valence-corrected chi connectivity index (χ4v) is 2.45. The predicted molar refractivity (Wildman–Crippen MR) is 76.6 cm³/mol. The van der Waals surface area contributed by atoms with Gasteiger partial charge in [0.2, 0.25) is 5.91 Å². The Kier molecular flexibility index (Phi) is 3.56.